The van der Waals surface area contributed by atoms with Crippen LogP contribution in [0.15, 0.2) is 103 Å². The fraction of sp³-hybridized carbons (Fsp3) is 0.304. The van der Waals surface area contributed by atoms with Gasteiger partial charge in [-0.3, -0.25) is 19.3 Å². The van der Waals surface area contributed by atoms with Gasteiger partial charge in [0.2, 0.25) is 11.8 Å². The van der Waals surface area contributed by atoms with Crippen LogP contribution in [0.4, 0.5) is 15.3 Å². The summed E-state index contributed by atoms with van der Waals surface area (Å²) in [7, 11) is 1.18. The number of aliphatic hydroxyl groups is 1. The van der Waals surface area contributed by atoms with Crippen LogP contribution in [0.2, 0.25) is 0 Å². The largest absolute Gasteiger partial charge is 0.491 e. The van der Waals surface area contributed by atoms with Crippen molar-refractivity contribution in [3.05, 3.63) is 131 Å². The number of primary amides is 2. The molecule has 0 aliphatic carbocycles. The van der Waals surface area contributed by atoms with Crippen LogP contribution in [-0.2, 0) is 34.1 Å². The number of hydrogen-bond donors (Lipinski definition) is 5. The topological polar surface area (TPSA) is 233 Å². The third-order valence-electron chi connectivity index (χ3n) is 11.5. The maximum absolute atomic E-state index is 16.1. The van der Waals surface area contributed by atoms with Crippen molar-refractivity contribution in [3.8, 4) is 17.6 Å². The number of fused-ring (bicyclic) bond motifs is 3. The van der Waals surface area contributed by atoms with Crippen LogP contribution < -0.4 is 31.7 Å². The number of benzene rings is 4. The van der Waals surface area contributed by atoms with Crippen molar-refractivity contribution in [3.63, 3.8) is 0 Å². The number of carbonyl (C=O) groups excluding carboxylic acids is 6. The number of carbonyl (C=O) groups is 6. The second-order valence-corrected chi connectivity index (χ2v) is 15.4. The minimum absolute atomic E-state index is 0.0358. The van der Waals surface area contributed by atoms with Crippen molar-refractivity contribution in [2.45, 2.75) is 49.5 Å². The molecule has 3 aliphatic heterocycles. The van der Waals surface area contributed by atoms with Gasteiger partial charge < -0.3 is 41.4 Å². The number of amides is 6. The maximum Gasteiger partial charge on any atom is 0.329 e. The van der Waals surface area contributed by atoms with Crippen LogP contribution in [0.1, 0.15) is 59.9 Å². The summed E-state index contributed by atoms with van der Waals surface area (Å²) in [5, 5.41) is 14.7. The normalized spacial score (nSPS) is 23.0. The van der Waals surface area contributed by atoms with Crippen molar-refractivity contribution in [1.82, 2.24) is 15.5 Å². The summed E-state index contributed by atoms with van der Waals surface area (Å²) in [6.45, 7) is 2.90. The third kappa shape index (κ3) is 7.56. The lowest BCUT2D eigenvalue weighted by Gasteiger charge is -2.46. The van der Waals surface area contributed by atoms with E-state index in [1.54, 1.807) is 55.1 Å². The van der Waals surface area contributed by atoms with E-state index in [1.807, 2.05) is 60.7 Å². The lowest BCUT2D eigenvalue weighted by molar-refractivity contribution is -0.178. The number of imide groups is 1. The van der Waals surface area contributed by atoms with Gasteiger partial charge in [-0.15, -0.1) is 0 Å². The molecule has 0 aromatic heterocycles. The van der Waals surface area contributed by atoms with Gasteiger partial charge in [0.05, 0.1) is 44.0 Å². The fourth-order valence-corrected chi connectivity index (χ4v) is 9.05. The molecule has 4 aromatic carbocycles. The number of morpholine rings is 1. The predicted molar refractivity (Wildman–Crippen MR) is 224 cm³/mol. The molecule has 6 amide bonds. The number of aliphatic hydroxyl groups excluding tert-OH is 1. The average molecular weight is 843 g/mol. The zero-order valence-electron chi connectivity index (χ0n) is 34.1. The summed E-state index contributed by atoms with van der Waals surface area (Å²) in [4.78, 5) is 87.1. The van der Waals surface area contributed by atoms with E-state index in [0.29, 0.717) is 28.0 Å². The number of ether oxygens (including phenoxy) is 3. The van der Waals surface area contributed by atoms with Crippen LogP contribution >= 0.6 is 0 Å². The highest BCUT2D eigenvalue weighted by molar-refractivity contribution is 6.25. The van der Waals surface area contributed by atoms with Gasteiger partial charge in [-0.1, -0.05) is 98.5 Å². The molecule has 1 spiro atoms. The van der Waals surface area contributed by atoms with E-state index < -0.39 is 83.3 Å². The number of anilines is 1. The monoisotopic (exact) mass is 842 g/mol. The van der Waals surface area contributed by atoms with Crippen molar-refractivity contribution in [1.29, 1.82) is 0 Å². The molecule has 16 heteroatoms. The predicted octanol–water partition coefficient (Wildman–Crippen LogP) is 3.14. The van der Waals surface area contributed by atoms with E-state index in [0.717, 1.165) is 4.90 Å². The van der Waals surface area contributed by atoms with Gasteiger partial charge in [-0.2, -0.15) is 0 Å². The molecule has 0 bridgehead atoms. The van der Waals surface area contributed by atoms with E-state index in [1.165, 1.54) is 13.2 Å². The molecule has 16 nitrogen and oxygen atoms in total. The first kappa shape index (κ1) is 42.9. The summed E-state index contributed by atoms with van der Waals surface area (Å²) in [6.07, 6.45) is -0.973. The van der Waals surface area contributed by atoms with Gasteiger partial charge >= 0.3 is 24.0 Å². The number of rotatable bonds is 11. The fourth-order valence-electron chi connectivity index (χ4n) is 9.05. The van der Waals surface area contributed by atoms with Crippen LogP contribution in [-0.4, -0.2) is 84.8 Å². The second kappa shape index (κ2) is 17.8. The molecule has 4 aromatic rings. The molecule has 3 heterocycles. The third-order valence-corrected chi connectivity index (χ3v) is 11.5. The smallest absolute Gasteiger partial charge is 0.329 e. The van der Waals surface area contributed by atoms with Gasteiger partial charge in [0.15, 0.2) is 0 Å². The van der Waals surface area contributed by atoms with Crippen molar-refractivity contribution in [2.24, 2.45) is 23.3 Å². The van der Waals surface area contributed by atoms with E-state index in [-0.39, 0.29) is 31.0 Å². The quantitative estimate of drug-likeness (QED) is 0.109. The Balaban J connectivity index is 1.55. The van der Waals surface area contributed by atoms with E-state index in [4.69, 9.17) is 25.7 Å². The molecule has 320 valence electrons. The molecule has 0 unspecified atom stereocenters. The van der Waals surface area contributed by atoms with E-state index in [9.17, 15) is 29.1 Å². The molecule has 7 rings (SSSR count). The van der Waals surface area contributed by atoms with Crippen molar-refractivity contribution < 1.29 is 48.1 Å². The molecular weight excluding hydrogens is 797 g/mol. The van der Waals surface area contributed by atoms with Crippen LogP contribution in [0.25, 0.3) is 0 Å². The molecular formula is C46H46N6O10. The van der Waals surface area contributed by atoms with Gasteiger partial charge in [0.1, 0.15) is 36.0 Å². The Morgan fingerprint density at radius 1 is 0.887 bits per heavy atom. The first-order valence-corrected chi connectivity index (χ1v) is 19.9. The first-order valence-electron chi connectivity index (χ1n) is 19.9. The number of urea groups is 2. The number of hydrogen-bond acceptors (Lipinski definition) is 11. The lowest BCUT2D eigenvalue weighted by atomic mass is 9.65. The number of cyclic esters (lactones) is 1. The Hall–Kier alpha value is -7.22. The standard InChI is InChI=1S/C46H46N6O10/c1-26(2)35(41(55)60-3)50-45(59)51-33-20-19-27(12-11-21-49-44(48)58)24-32(33)46(43(51)57)34(40(47)54)37-42(56)62-38(29-15-8-5-9-16-29)36(28-13-6-4-7-14-28)52(37)39(46)30-17-10-18-31(25-30)61-23-22-53/h4-10,13-20,24-26,34-39,53H,21-23H2,1-3H3,(H2,47,54)(H,50,59)(H3,48,49,58)/t34-,35-,36-,37-,38+,39+,46-/m0/s1. The van der Waals surface area contributed by atoms with E-state index in [2.05, 4.69) is 22.5 Å². The molecule has 7 N–H and O–H groups in total. The Morgan fingerprint density at radius 3 is 2.19 bits per heavy atom. The Morgan fingerprint density at radius 2 is 1.56 bits per heavy atom. The van der Waals surface area contributed by atoms with Gasteiger partial charge in [0.25, 0.3) is 0 Å². The van der Waals surface area contributed by atoms with Crippen molar-refractivity contribution in [2.75, 3.05) is 31.8 Å². The zero-order chi connectivity index (χ0) is 44.3. The van der Waals surface area contributed by atoms with Gasteiger partial charge in [-0.05, 0) is 58.5 Å². The van der Waals surface area contributed by atoms with Gasteiger partial charge in [0, 0.05) is 5.56 Å². The highest BCUT2D eigenvalue weighted by Gasteiger charge is 2.75. The van der Waals surface area contributed by atoms with Crippen molar-refractivity contribution >= 4 is 41.5 Å². The first-order chi connectivity index (χ1) is 29.8. The highest BCUT2D eigenvalue weighted by atomic mass is 16.6. The lowest BCUT2D eigenvalue weighted by Crippen LogP contribution is -2.57. The Kier molecular flexibility index (Phi) is 12.3. The van der Waals surface area contributed by atoms with Crippen LogP contribution in [0.5, 0.6) is 5.75 Å². The van der Waals surface area contributed by atoms with Crippen LogP contribution in [0, 0.1) is 23.7 Å². The number of methoxy groups -OCH3 is 1. The average Bonchev–Trinajstić information content (AvgIpc) is 3.73. The molecule has 3 aliphatic rings. The highest BCUT2D eigenvalue weighted by Crippen LogP contribution is 2.65. The Labute approximate surface area is 357 Å². The SMILES string of the molecule is COC(=O)[C@@H](NC(=O)N1C(=O)[C@@]2(c3cc(C#CCNC(N)=O)ccc31)[C@H](C(N)=O)[C@H]1C(=O)O[C@H](c3ccccc3)[C@H](c3ccccc3)N1[C@@H]2c1cccc(OCCO)c1)C(C)C. The molecule has 2 fully saturated rings. The maximum atomic E-state index is 16.1. The summed E-state index contributed by atoms with van der Waals surface area (Å²) < 4.78 is 17.2. The summed E-state index contributed by atoms with van der Waals surface area (Å²) in [5.41, 5.74) is 11.7. The summed E-state index contributed by atoms with van der Waals surface area (Å²) in [6, 6.07) is 23.0. The summed E-state index contributed by atoms with van der Waals surface area (Å²) in [5.74, 6) is 0.376. The van der Waals surface area contributed by atoms with Gasteiger partial charge in [-0.25, -0.2) is 19.3 Å². The minimum atomic E-state index is -2.17. The second-order valence-electron chi connectivity index (χ2n) is 15.4. The number of esters is 2. The Bertz CT molecular complexity index is 2450. The molecule has 7 atom stereocenters. The van der Waals surface area contributed by atoms with E-state index >= 15 is 4.79 Å². The molecule has 2 saturated heterocycles. The molecule has 0 saturated carbocycles. The number of nitrogens with one attached hydrogen (secondary N) is 2. The summed E-state index contributed by atoms with van der Waals surface area (Å²) >= 11 is 0. The number of nitrogens with zero attached hydrogens (tertiary/aromatic N) is 2. The zero-order valence-corrected chi connectivity index (χ0v) is 34.1. The number of nitrogens with two attached hydrogens (primary N) is 2. The molecule has 0 radical (unpaired) electrons. The minimum Gasteiger partial charge on any atom is -0.491 e. The molecule has 62 heavy (non-hydrogen) atoms. The van der Waals surface area contributed by atoms with Crippen LogP contribution in [0.3, 0.4) is 0 Å².